The molecule has 0 radical (unpaired) electrons. The number of hydrogen-bond acceptors (Lipinski definition) is 4. The van der Waals surface area contributed by atoms with Gasteiger partial charge in [0.25, 0.3) is 0 Å². The summed E-state index contributed by atoms with van der Waals surface area (Å²) in [6.07, 6.45) is 0. The Kier molecular flexibility index (Phi) is 4.00. The van der Waals surface area contributed by atoms with Gasteiger partial charge in [-0.3, -0.25) is 9.59 Å². The molecule has 1 atom stereocenters. The number of rotatable bonds is 4. The molecule has 1 heterocycles. The van der Waals surface area contributed by atoms with E-state index in [1.54, 1.807) is 7.05 Å². The highest BCUT2D eigenvalue weighted by Gasteiger charge is 2.24. The van der Waals surface area contributed by atoms with Crippen LogP contribution >= 0.6 is 11.3 Å². The van der Waals surface area contributed by atoms with Gasteiger partial charge < -0.3 is 10.0 Å². The topological polar surface area (TPSA) is 70.5 Å². The summed E-state index contributed by atoms with van der Waals surface area (Å²) in [5.74, 6) is -2.52. The maximum atomic E-state index is 11.6. The molecule has 0 aliphatic carbocycles. The van der Waals surface area contributed by atoms with Crippen molar-refractivity contribution in [3.05, 3.63) is 16.1 Å². The van der Waals surface area contributed by atoms with E-state index < -0.39 is 17.8 Å². The summed E-state index contributed by atoms with van der Waals surface area (Å²) >= 11 is 1.51. The van der Waals surface area contributed by atoms with E-state index in [9.17, 15) is 9.59 Å². The number of aliphatic carboxylic acids is 1. The lowest BCUT2D eigenvalue weighted by Gasteiger charge is -2.18. The van der Waals surface area contributed by atoms with E-state index in [4.69, 9.17) is 5.11 Å². The SMILES string of the molecule is Cc1nc(CN(C)C(=O)C(C)C(=O)O)cs1. The van der Waals surface area contributed by atoms with Gasteiger partial charge in [0.15, 0.2) is 0 Å². The van der Waals surface area contributed by atoms with E-state index in [1.165, 1.54) is 23.2 Å². The van der Waals surface area contributed by atoms with Crippen molar-refractivity contribution >= 4 is 23.2 Å². The average molecular weight is 242 g/mol. The van der Waals surface area contributed by atoms with Gasteiger partial charge in [0, 0.05) is 12.4 Å². The van der Waals surface area contributed by atoms with Crippen LogP contribution in [0.15, 0.2) is 5.38 Å². The summed E-state index contributed by atoms with van der Waals surface area (Å²) in [4.78, 5) is 27.9. The lowest BCUT2D eigenvalue weighted by Crippen LogP contribution is -2.35. The molecule has 0 saturated heterocycles. The first-order valence-electron chi connectivity index (χ1n) is 4.80. The van der Waals surface area contributed by atoms with Gasteiger partial charge in [-0.2, -0.15) is 0 Å². The Morgan fingerprint density at radius 3 is 2.69 bits per heavy atom. The van der Waals surface area contributed by atoms with Crippen LogP contribution < -0.4 is 0 Å². The smallest absolute Gasteiger partial charge is 0.315 e. The monoisotopic (exact) mass is 242 g/mol. The molecule has 6 heteroatoms. The minimum absolute atomic E-state index is 0.348. The van der Waals surface area contributed by atoms with Crippen LogP contribution in [0.1, 0.15) is 17.6 Å². The van der Waals surface area contributed by atoms with Crippen molar-refractivity contribution in [3.63, 3.8) is 0 Å². The van der Waals surface area contributed by atoms with E-state index in [2.05, 4.69) is 4.98 Å². The van der Waals surface area contributed by atoms with Crippen LogP contribution in [0.5, 0.6) is 0 Å². The molecule has 1 aromatic rings. The standard InChI is InChI=1S/C10H14N2O3S/c1-6(10(14)15)9(13)12(3)4-8-5-16-7(2)11-8/h5-6H,4H2,1-3H3,(H,14,15). The molecular formula is C10H14N2O3S. The molecule has 1 unspecified atom stereocenters. The summed E-state index contributed by atoms with van der Waals surface area (Å²) < 4.78 is 0. The van der Waals surface area contributed by atoms with Crippen LogP contribution in [0, 0.1) is 12.8 Å². The van der Waals surface area contributed by atoms with Crippen molar-refractivity contribution in [1.82, 2.24) is 9.88 Å². The van der Waals surface area contributed by atoms with Gasteiger partial charge >= 0.3 is 5.97 Å². The second kappa shape index (κ2) is 5.07. The summed E-state index contributed by atoms with van der Waals surface area (Å²) in [7, 11) is 1.58. The predicted octanol–water partition coefficient (Wildman–Crippen LogP) is 1.13. The van der Waals surface area contributed by atoms with Crippen molar-refractivity contribution < 1.29 is 14.7 Å². The molecule has 16 heavy (non-hydrogen) atoms. The Hall–Kier alpha value is -1.43. The van der Waals surface area contributed by atoms with E-state index >= 15 is 0 Å². The first kappa shape index (κ1) is 12.6. The Morgan fingerprint density at radius 2 is 2.25 bits per heavy atom. The van der Waals surface area contributed by atoms with Gasteiger partial charge in [-0.15, -0.1) is 11.3 Å². The van der Waals surface area contributed by atoms with Gasteiger partial charge in [0.05, 0.1) is 17.2 Å². The molecule has 0 aliphatic rings. The maximum Gasteiger partial charge on any atom is 0.315 e. The van der Waals surface area contributed by atoms with Gasteiger partial charge in [0.1, 0.15) is 5.92 Å². The number of nitrogens with zero attached hydrogens (tertiary/aromatic N) is 2. The number of carbonyl (C=O) groups is 2. The zero-order chi connectivity index (χ0) is 12.3. The van der Waals surface area contributed by atoms with E-state index in [-0.39, 0.29) is 0 Å². The fourth-order valence-electron chi connectivity index (χ4n) is 1.24. The molecular weight excluding hydrogens is 228 g/mol. The molecule has 0 fully saturated rings. The summed E-state index contributed by atoms with van der Waals surface area (Å²) in [5.41, 5.74) is 0.788. The second-order valence-electron chi connectivity index (χ2n) is 3.61. The van der Waals surface area contributed by atoms with Crippen molar-refractivity contribution in [2.24, 2.45) is 5.92 Å². The van der Waals surface area contributed by atoms with Gasteiger partial charge in [-0.05, 0) is 13.8 Å². The largest absolute Gasteiger partial charge is 0.481 e. The third kappa shape index (κ3) is 3.03. The number of carboxylic acids is 1. The minimum atomic E-state index is -1.11. The number of aryl methyl sites for hydroxylation is 1. The van der Waals surface area contributed by atoms with Crippen molar-refractivity contribution in [2.75, 3.05) is 7.05 Å². The van der Waals surface area contributed by atoms with Crippen molar-refractivity contribution in [3.8, 4) is 0 Å². The van der Waals surface area contributed by atoms with Crippen LogP contribution in [0.3, 0.4) is 0 Å². The summed E-state index contributed by atoms with van der Waals surface area (Å²) in [5, 5.41) is 11.5. The highest BCUT2D eigenvalue weighted by atomic mass is 32.1. The normalized spacial score (nSPS) is 12.2. The Balaban J connectivity index is 2.62. The van der Waals surface area contributed by atoms with E-state index in [0.29, 0.717) is 6.54 Å². The van der Waals surface area contributed by atoms with Crippen LogP contribution in [0.4, 0.5) is 0 Å². The first-order valence-corrected chi connectivity index (χ1v) is 5.68. The molecule has 1 N–H and O–H groups in total. The lowest BCUT2D eigenvalue weighted by molar-refractivity contribution is -0.149. The Bertz CT molecular complexity index is 403. The van der Waals surface area contributed by atoms with Crippen molar-refractivity contribution in [2.45, 2.75) is 20.4 Å². The Labute approximate surface area is 97.7 Å². The van der Waals surface area contributed by atoms with E-state index in [1.807, 2.05) is 12.3 Å². The number of carboxylic acid groups (broad SMARTS) is 1. The molecule has 0 bridgehead atoms. The number of aromatic nitrogens is 1. The van der Waals surface area contributed by atoms with Gasteiger partial charge in [-0.25, -0.2) is 4.98 Å². The molecule has 1 amide bonds. The minimum Gasteiger partial charge on any atom is -0.481 e. The highest BCUT2D eigenvalue weighted by Crippen LogP contribution is 2.11. The number of carbonyl (C=O) groups excluding carboxylic acids is 1. The van der Waals surface area contributed by atoms with Crippen LogP contribution in [0.25, 0.3) is 0 Å². The number of hydrogen-bond donors (Lipinski definition) is 1. The molecule has 5 nitrogen and oxygen atoms in total. The zero-order valence-corrected chi connectivity index (χ0v) is 10.2. The predicted molar refractivity (Wildman–Crippen MR) is 60.1 cm³/mol. The molecule has 0 aromatic carbocycles. The molecule has 0 spiro atoms. The molecule has 0 aliphatic heterocycles. The second-order valence-corrected chi connectivity index (χ2v) is 4.67. The van der Waals surface area contributed by atoms with Crippen LogP contribution in [-0.2, 0) is 16.1 Å². The van der Waals surface area contributed by atoms with Crippen LogP contribution in [-0.4, -0.2) is 33.9 Å². The fourth-order valence-corrected chi connectivity index (χ4v) is 1.84. The number of thiazole rings is 1. The third-order valence-corrected chi connectivity index (χ3v) is 3.01. The fraction of sp³-hybridized carbons (Fsp3) is 0.500. The number of amides is 1. The summed E-state index contributed by atoms with van der Waals surface area (Å²) in [6.45, 7) is 3.62. The lowest BCUT2D eigenvalue weighted by atomic mass is 10.1. The van der Waals surface area contributed by atoms with E-state index in [0.717, 1.165) is 10.7 Å². The molecule has 1 rings (SSSR count). The quantitative estimate of drug-likeness (QED) is 0.803. The Morgan fingerprint density at radius 1 is 1.62 bits per heavy atom. The highest BCUT2D eigenvalue weighted by molar-refractivity contribution is 7.09. The van der Waals surface area contributed by atoms with Gasteiger partial charge in [-0.1, -0.05) is 0 Å². The average Bonchev–Trinajstić information content (AvgIpc) is 2.61. The van der Waals surface area contributed by atoms with Crippen LogP contribution in [0.2, 0.25) is 0 Å². The zero-order valence-electron chi connectivity index (χ0n) is 9.43. The molecule has 1 aromatic heterocycles. The first-order chi connectivity index (χ1) is 7.41. The maximum absolute atomic E-state index is 11.6. The van der Waals surface area contributed by atoms with Crippen molar-refractivity contribution in [1.29, 1.82) is 0 Å². The van der Waals surface area contributed by atoms with Gasteiger partial charge in [0.2, 0.25) is 5.91 Å². The summed E-state index contributed by atoms with van der Waals surface area (Å²) in [6, 6.07) is 0. The molecule has 88 valence electrons. The third-order valence-electron chi connectivity index (χ3n) is 2.18. The molecule has 0 saturated carbocycles.